The summed E-state index contributed by atoms with van der Waals surface area (Å²) >= 11 is 0. The Hall–Kier alpha value is -1.58. The molecule has 4 heteroatoms. The van der Waals surface area contributed by atoms with E-state index in [-0.39, 0.29) is 5.91 Å². The number of hydrogen-bond acceptors (Lipinski definition) is 3. The molecule has 106 valence electrons. The Balaban J connectivity index is 2.56. The van der Waals surface area contributed by atoms with Crippen LogP contribution in [0.25, 0.3) is 0 Å². The molecule has 1 amide bonds. The number of aromatic nitrogens is 1. The summed E-state index contributed by atoms with van der Waals surface area (Å²) in [6.07, 6.45) is 1.03. The number of carbonyl (C=O) groups excluding carboxylic acids is 1. The molecule has 1 rings (SSSR count). The highest BCUT2D eigenvalue weighted by molar-refractivity contribution is 5.92. The molecule has 19 heavy (non-hydrogen) atoms. The number of nitrogens with one attached hydrogen (secondary N) is 2. The van der Waals surface area contributed by atoms with Gasteiger partial charge >= 0.3 is 0 Å². The monoisotopic (exact) mass is 263 g/mol. The van der Waals surface area contributed by atoms with E-state index in [1.807, 2.05) is 12.1 Å². The van der Waals surface area contributed by atoms with Gasteiger partial charge in [0.1, 0.15) is 11.5 Å². The summed E-state index contributed by atoms with van der Waals surface area (Å²) in [5.74, 6) is 1.68. The maximum atomic E-state index is 12.0. The van der Waals surface area contributed by atoms with Crippen molar-refractivity contribution in [1.82, 2.24) is 10.3 Å². The van der Waals surface area contributed by atoms with Crippen molar-refractivity contribution in [2.24, 2.45) is 11.8 Å². The highest BCUT2D eigenvalue weighted by Crippen LogP contribution is 2.09. The van der Waals surface area contributed by atoms with E-state index in [1.165, 1.54) is 0 Å². The normalized spacial score (nSPS) is 12.3. The van der Waals surface area contributed by atoms with Crippen LogP contribution in [0.4, 0.5) is 5.82 Å². The van der Waals surface area contributed by atoms with E-state index in [0.717, 1.165) is 18.8 Å². The fourth-order valence-electron chi connectivity index (χ4n) is 1.49. The van der Waals surface area contributed by atoms with Crippen LogP contribution in [-0.2, 0) is 0 Å². The molecule has 0 bridgehead atoms. The van der Waals surface area contributed by atoms with Gasteiger partial charge in [-0.05, 0) is 30.4 Å². The predicted molar refractivity (Wildman–Crippen MR) is 79.4 cm³/mol. The van der Waals surface area contributed by atoms with Crippen LogP contribution >= 0.6 is 0 Å². The van der Waals surface area contributed by atoms with E-state index in [2.05, 4.69) is 43.3 Å². The summed E-state index contributed by atoms with van der Waals surface area (Å²) in [7, 11) is 0. The van der Waals surface area contributed by atoms with Gasteiger partial charge in [0, 0.05) is 13.1 Å². The lowest BCUT2D eigenvalue weighted by atomic mass is 9.98. The smallest absolute Gasteiger partial charge is 0.269 e. The minimum Gasteiger partial charge on any atom is -0.370 e. The average molecular weight is 263 g/mol. The number of carbonyl (C=O) groups is 1. The molecule has 0 aromatic carbocycles. The van der Waals surface area contributed by atoms with Crippen molar-refractivity contribution in [3.05, 3.63) is 23.9 Å². The van der Waals surface area contributed by atoms with E-state index in [0.29, 0.717) is 24.1 Å². The number of amides is 1. The number of pyridine rings is 1. The third kappa shape index (κ3) is 5.28. The standard InChI is InChI=1S/C15H25N3O/c1-5-9-16-14-8-6-7-13(18-14)15(19)17-10-12(4)11(2)3/h6-8,11-12H,5,9-10H2,1-4H3,(H,16,18)(H,17,19). The molecular formula is C15H25N3O. The van der Waals surface area contributed by atoms with Gasteiger partial charge in [0.15, 0.2) is 0 Å². The van der Waals surface area contributed by atoms with Gasteiger partial charge in [0.05, 0.1) is 0 Å². The molecule has 1 unspecified atom stereocenters. The van der Waals surface area contributed by atoms with E-state index in [1.54, 1.807) is 6.07 Å². The molecule has 0 saturated carbocycles. The minimum absolute atomic E-state index is 0.104. The molecule has 0 aliphatic rings. The van der Waals surface area contributed by atoms with Crippen LogP contribution in [0.5, 0.6) is 0 Å². The first-order chi connectivity index (χ1) is 9.04. The van der Waals surface area contributed by atoms with Crippen molar-refractivity contribution < 1.29 is 4.79 Å². The summed E-state index contributed by atoms with van der Waals surface area (Å²) in [5, 5.41) is 6.12. The van der Waals surface area contributed by atoms with Crippen molar-refractivity contribution >= 4 is 11.7 Å². The van der Waals surface area contributed by atoms with E-state index >= 15 is 0 Å². The number of rotatable bonds is 7. The molecule has 1 heterocycles. The topological polar surface area (TPSA) is 54.0 Å². The minimum atomic E-state index is -0.104. The highest BCUT2D eigenvalue weighted by atomic mass is 16.1. The molecule has 0 fully saturated rings. The second-order valence-electron chi connectivity index (χ2n) is 5.27. The second kappa shape index (κ2) is 7.77. The van der Waals surface area contributed by atoms with E-state index in [9.17, 15) is 4.79 Å². The molecular weight excluding hydrogens is 238 g/mol. The van der Waals surface area contributed by atoms with Crippen LogP contribution in [0.2, 0.25) is 0 Å². The number of nitrogens with zero attached hydrogens (tertiary/aromatic N) is 1. The van der Waals surface area contributed by atoms with Crippen molar-refractivity contribution in [2.75, 3.05) is 18.4 Å². The maximum absolute atomic E-state index is 12.0. The molecule has 0 aliphatic heterocycles. The number of anilines is 1. The van der Waals surface area contributed by atoms with Crippen LogP contribution in [0.15, 0.2) is 18.2 Å². The summed E-state index contributed by atoms with van der Waals surface area (Å²) in [6.45, 7) is 10.1. The van der Waals surface area contributed by atoms with Gasteiger partial charge in [-0.2, -0.15) is 0 Å². The third-order valence-electron chi connectivity index (χ3n) is 3.26. The van der Waals surface area contributed by atoms with Crippen LogP contribution in [-0.4, -0.2) is 24.0 Å². The Morgan fingerprint density at radius 1 is 1.32 bits per heavy atom. The van der Waals surface area contributed by atoms with Gasteiger partial charge in [-0.3, -0.25) is 4.79 Å². The quantitative estimate of drug-likeness (QED) is 0.795. The summed E-state index contributed by atoms with van der Waals surface area (Å²) in [5.41, 5.74) is 0.469. The van der Waals surface area contributed by atoms with Gasteiger partial charge in [0.2, 0.25) is 0 Å². The predicted octanol–water partition coefficient (Wildman–Crippen LogP) is 2.93. The van der Waals surface area contributed by atoms with Gasteiger partial charge in [-0.1, -0.05) is 33.8 Å². The molecule has 2 N–H and O–H groups in total. The summed E-state index contributed by atoms with van der Waals surface area (Å²) < 4.78 is 0. The van der Waals surface area contributed by atoms with Crippen molar-refractivity contribution in [2.45, 2.75) is 34.1 Å². The van der Waals surface area contributed by atoms with Gasteiger partial charge < -0.3 is 10.6 Å². The third-order valence-corrected chi connectivity index (χ3v) is 3.26. The lowest BCUT2D eigenvalue weighted by molar-refractivity contribution is 0.0940. The average Bonchev–Trinajstić information content (AvgIpc) is 2.42. The zero-order valence-corrected chi connectivity index (χ0v) is 12.4. The Labute approximate surface area is 116 Å². The Kier molecular flexibility index (Phi) is 6.33. The fraction of sp³-hybridized carbons (Fsp3) is 0.600. The molecule has 4 nitrogen and oxygen atoms in total. The molecule has 1 atom stereocenters. The first-order valence-corrected chi connectivity index (χ1v) is 7.03. The van der Waals surface area contributed by atoms with Crippen LogP contribution in [0, 0.1) is 11.8 Å². The van der Waals surface area contributed by atoms with Crippen LogP contribution in [0.3, 0.4) is 0 Å². The molecule has 1 aromatic heterocycles. The first kappa shape index (κ1) is 15.5. The Morgan fingerprint density at radius 3 is 2.68 bits per heavy atom. The van der Waals surface area contributed by atoms with Crippen LogP contribution in [0.1, 0.15) is 44.6 Å². The Bertz CT molecular complexity index is 404. The largest absolute Gasteiger partial charge is 0.370 e. The zero-order valence-electron chi connectivity index (χ0n) is 12.4. The Morgan fingerprint density at radius 2 is 2.05 bits per heavy atom. The van der Waals surface area contributed by atoms with E-state index in [4.69, 9.17) is 0 Å². The molecule has 0 aliphatic carbocycles. The lowest BCUT2D eigenvalue weighted by Gasteiger charge is -2.16. The summed E-state index contributed by atoms with van der Waals surface area (Å²) in [4.78, 5) is 16.3. The van der Waals surface area contributed by atoms with E-state index < -0.39 is 0 Å². The maximum Gasteiger partial charge on any atom is 0.269 e. The molecule has 0 saturated heterocycles. The summed E-state index contributed by atoms with van der Waals surface area (Å²) in [6, 6.07) is 5.47. The number of hydrogen-bond donors (Lipinski definition) is 2. The molecule has 1 aromatic rings. The van der Waals surface area contributed by atoms with Crippen LogP contribution < -0.4 is 10.6 Å². The SMILES string of the molecule is CCCNc1cccc(C(=O)NCC(C)C(C)C)n1. The zero-order chi connectivity index (χ0) is 14.3. The molecule has 0 radical (unpaired) electrons. The lowest BCUT2D eigenvalue weighted by Crippen LogP contribution is -2.30. The van der Waals surface area contributed by atoms with Gasteiger partial charge in [-0.25, -0.2) is 4.98 Å². The highest BCUT2D eigenvalue weighted by Gasteiger charge is 2.11. The van der Waals surface area contributed by atoms with Crippen molar-refractivity contribution in [3.63, 3.8) is 0 Å². The van der Waals surface area contributed by atoms with Gasteiger partial charge in [-0.15, -0.1) is 0 Å². The van der Waals surface area contributed by atoms with Crippen molar-refractivity contribution in [1.29, 1.82) is 0 Å². The molecule has 0 spiro atoms. The van der Waals surface area contributed by atoms with Gasteiger partial charge in [0.25, 0.3) is 5.91 Å². The van der Waals surface area contributed by atoms with Crippen molar-refractivity contribution in [3.8, 4) is 0 Å². The first-order valence-electron chi connectivity index (χ1n) is 7.03. The second-order valence-corrected chi connectivity index (χ2v) is 5.27. The fourth-order valence-corrected chi connectivity index (χ4v) is 1.49.